The minimum absolute atomic E-state index is 0.0557. The molecule has 1 aromatic heterocycles. The largest absolute Gasteiger partial charge is 0.481 e. The van der Waals surface area contributed by atoms with Crippen LogP contribution in [0.15, 0.2) is 47.4 Å². The summed E-state index contributed by atoms with van der Waals surface area (Å²) in [5.41, 5.74) is 0.282. The molecule has 1 amide bonds. The van der Waals surface area contributed by atoms with Crippen LogP contribution < -0.4 is 19.5 Å². The van der Waals surface area contributed by atoms with Gasteiger partial charge in [0, 0.05) is 23.9 Å². The zero-order valence-electron chi connectivity index (χ0n) is 14.7. The first-order chi connectivity index (χ1) is 13.2. The molecule has 11 nitrogen and oxygen atoms in total. The SMILES string of the molecule is COc1cc(NS(=O)(=O)c2ccc(NC(=O)/C=C/C(=O)O)cc2)nc(OC)n1. The number of carbonyl (C=O) groups is 2. The molecule has 2 aromatic rings. The number of aliphatic carboxylic acids is 1. The summed E-state index contributed by atoms with van der Waals surface area (Å²) in [5.74, 6) is -1.88. The number of aromatic nitrogens is 2. The van der Waals surface area contributed by atoms with E-state index in [0.29, 0.717) is 6.08 Å². The second-order valence-electron chi connectivity index (χ2n) is 5.07. The van der Waals surface area contributed by atoms with E-state index in [1.807, 2.05) is 0 Å². The highest BCUT2D eigenvalue weighted by molar-refractivity contribution is 7.92. The number of anilines is 2. The summed E-state index contributed by atoms with van der Waals surface area (Å²) in [6, 6.07) is 6.42. The molecular weight excluding hydrogens is 392 g/mol. The summed E-state index contributed by atoms with van der Waals surface area (Å²) in [7, 11) is -1.30. The van der Waals surface area contributed by atoms with Crippen LogP contribution in [0.4, 0.5) is 11.5 Å². The Kier molecular flexibility index (Phi) is 6.50. The monoisotopic (exact) mass is 408 g/mol. The van der Waals surface area contributed by atoms with Crippen LogP contribution in [0.2, 0.25) is 0 Å². The Hall–Kier alpha value is -3.67. The van der Waals surface area contributed by atoms with Crippen LogP contribution in [0, 0.1) is 0 Å². The summed E-state index contributed by atoms with van der Waals surface area (Å²) >= 11 is 0. The van der Waals surface area contributed by atoms with Crippen molar-refractivity contribution in [2.45, 2.75) is 4.90 Å². The second kappa shape index (κ2) is 8.81. The zero-order valence-corrected chi connectivity index (χ0v) is 15.6. The van der Waals surface area contributed by atoms with Crippen LogP contribution >= 0.6 is 0 Å². The fraction of sp³-hybridized carbons (Fsp3) is 0.125. The van der Waals surface area contributed by atoms with Crippen LogP contribution in [0.5, 0.6) is 11.9 Å². The van der Waals surface area contributed by atoms with Crippen molar-refractivity contribution in [3.05, 3.63) is 42.5 Å². The number of hydrogen-bond acceptors (Lipinski definition) is 8. The smallest absolute Gasteiger partial charge is 0.328 e. The molecule has 0 aliphatic carbocycles. The van der Waals surface area contributed by atoms with Gasteiger partial charge in [-0.25, -0.2) is 13.2 Å². The maximum Gasteiger partial charge on any atom is 0.328 e. The van der Waals surface area contributed by atoms with Gasteiger partial charge in [-0.1, -0.05) is 0 Å². The first-order valence-electron chi connectivity index (χ1n) is 7.55. The van der Waals surface area contributed by atoms with Crippen molar-refractivity contribution in [2.75, 3.05) is 24.3 Å². The molecule has 3 N–H and O–H groups in total. The average molecular weight is 408 g/mol. The summed E-state index contributed by atoms with van der Waals surface area (Å²) in [5, 5.41) is 10.9. The van der Waals surface area contributed by atoms with Gasteiger partial charge in [-0.15, -0.1) is 0 Å². The third kappa shape index (κ3) is 5.67. The van der Waals surface area contributed by atoms with Crippen molar-refractivity contribution >= 4 is 33.4 Å². The molecule has 0 bridgehead atoms. The van der Waals surface area contributed by atoms with Crippen molar-refractivity contribution in [1.29, 1.82) is 0 Å². The van der Waals surface area contributed by atoms with Crippen LogP contribution in [-0.4, -0.2) is 49.6 Å². The lowest BCUT2D eigenvalue weighted by Gasteiger charge is -2.10. The van der Waals surface area contributed by atoms with Gasteiger partial charge in [0.25, 0.3) is 10.0 Å². The predicted octanol–water partition coefficient (Wildman–Crippen LogP) is 0.874. The summed E-state index contributed by atoms with van der Waals surface area (Å²) in [4.78, 5) is 29.6. The van der Waals surface area contributed by atoms with Gasteiger partial charge in [-0.2, -0.15) is 9.97 Å². The van der Waals surface area contributed by atoms with Gasteiger partial charge in [0.15, 0.2) is 5.82 Å². The van der Waals surface area contributed by atoms with E-state index in [1.54, 1.807) is 0 Å². The zero-order chi connectivity index (χ0) is 20.7. The molecule has 28 heavy (non-hydrogen) atoms. The van der Waals surface area contributed by atoms with E-state index in [4.69, 9.17) is 14.6 Å². The molecule has 1 aromatic carbocycles. The number of benzene rings is 1. The van der Waals surface area contributed by atoms with Gasteiger partial charge in [0.2, 0.25) is 11.8 Å². The molecule has 0 spiro atoms. The lowest BCUT2D eigenvalue weighted by Crippen LogP contribution is -2.15. The molecule has 1 heterocycles. The molecule has 148 valence electrons. The number of rotatable bonds is 8. The molecule has 0 unspecified atom stereocenters. The van der Waals surface area contributed by atoms with Crippen LogP contribution in [0.3, 0.4) is 0 Å². The van der Waals surface area contributed by atoms with Gasteiger partial charge >= 0.3 is 12.0 Å². The van der Waals surface area contributed by atoms with Crippen LogP contribution in [0.1, 0.15) is 0 Å². The van der Waals surface area contributed by atoms with Crippen molar-refractivity contribution in [1.82, 2.24) is 9.97 Å². The molecule has 0 aliphatic rings. The lowest BCUT2D eigenvalue weighted by atomic mass is 10.3. The summed E-state index contributed by atoms with van der Waals surface area (Å²) < 4.78 is 37.1. The Bertz CT molecular complexity index is 982. The number of ether oxygens (including phenoxy) is 2. The van der Waals surface area contributed by atoms with E-state index >= 15 is 0 Å². The van der Waals surface area contributed by atoms with E-state index in [0.717, 1.165) is 6.08 Å². The number of nitrogens with one attached hydrogen (secondary N) is 2. The Balaban J connectivity index is 2.16. The summed E-state index contributed by atoms with van der Waals surface area (Å²) in [6.45, 7) is 0. The Morgan fingerprint density at radius 1 is 1.07 bits per heavy atom. The number of carboxylic acids is 1. The first-order valence-corrected chi connectivity index (χ1v) is 9.04. The maximum absolute atomic E-state index is 12.5. The Morgan fingerprint density at radius 2 is 1.75 bits per heavy atom. The van der Waals surface area contributed by atoms with Gasteiger partial charge in [0.1, 0.15) is 0 Å². The fourth-order valence-electron chi connectivity index (χ4n) is 1.90. The van der Waals surface area contributed by atoms with E-state index in [9.17, 15) is 18.0 Å². The highest BCUT2D eigenvalue weighted by Crippen LogP contribution is 2.21. The highest BCUT2D eigenvalue weighted by Gasteiger charge is 2.17. The maximum atomic E-state index is 12.5. The molecule has 2 rings (SSSR count). The number of sulfonamides is 1. The van der Waals surface area contributed by atoms with Crippen molar-refractivity contribution in [2.24, 2.45) is 0 Å². The normalized spacial score (nSPS) is 11.1. The second-order valence-corrected chi connectivity index (χ2v) is 6.76. The topological polar surface area (TPSA) is 157 Å². The Labute approximate surface area is 160 Å². The molecule has 0 aliphatic heterocycles. The van der Waals surface area contributed by atoms with E-state index in [2.05, 4.69) is 20.0 Å². The number of carboxylic acid groups (broad SMARTS) is 1. The Morgan fingerprint density at radius 3 is 2.32 bits per heavy atom. The molecule has 12 heteroatoms. The number of methoxy groups -OCH3 is 2. The van der Waals surface area contributed by atoms with Gasteiger partial charge < -0.3 is 19.9 Å². The molecule has 0 atom stereocenters. The van der Waals surface area contributed by atoms with Crippen LogP contribution in [0.25, 0.3) is 0 Å². The molecule has 0 saturated carbocycles. The van der Waals surface area contributed by atoms with Crippen molar-refractivity contribution in [3.63, 3.8) is 0 Å². The lowest BCUT2D eigenvalue weighted by molar-refractivity contribution is -0.131. The first kappa shape index (κ1) is 20.6. The number of amides is 1. The molecule has 0 radical (unpaired) electrons. The highest BCUT2D eigenvalue weighted by atomic mass is 32.2. The minimum Gasteiger partial charge on any atom is -0.481 e. The van der Waals surface area contributed by atoms with Gasteiger partial charge in [-0.05, 0) is 24.3 Å². The van der Waals surface area contributed by atoms with E-state index in [-0.39, 0.29) is 28.3 Å². The third-order valence-corrected chi connectivity index (χ3v) is 4.49. The fourth-order valence-corrected chi connectivity index (χ4v) is 2.89. The van der Waals surface area contributed by atoms with E-state index < -0.39 is 21.9 Å². The third-order valence-electron chi connectivity index (χ3n) is 3.12. The van der Waals surface area contributed by atoms with Gasteiger partial charge in [0.05, 0.1) is 19.1 Å². The van der Waals surface area contributed by atoms with Gasteiger partial charge in [-0.3, -0.25) is 9.52 Å². The number of carbonyl (C=O) groups excluding carboxylic acids is 1. The number of hydrogen-bond donors (Lipinski definition) is 3. The molecular formula is C16H16N4O7S. The number of nitrogens with zero attached hydrogens (tertiary/aromatic N) is 2. The van der Waals surface area contributed by atoms with Crippen molar-refractivity contribution in [3.8, 4) is 11.9 Å². The minimum atomic E-state index is -3.99. The molecule has 0 saturated heterocycles. The van der Waals surface area contributed by atoms with Crippen molar-refractivity contribution < 1.29 is 32.6 Å². The van der Waals surface area contributed by atoms with Crippen LogP contribution in [-0.2, 0) is 19.6 Å². The molecule has 0 fully saturated rings. The quantitative estimate of drug-likeness (QED) is 0.539. The predicted molar refractivity (Wildman–Crippen MR) is 97.8 cm³/mol. The average Bonchev–Trinajstić information content (AvgIpc) is 2.66. The van der Waals surface area contributed by atoms with E-state index in [1.165, 1.54) is 44.6 Å². The standard InChI is InChI=1S/C16H16N4O7S/c1-26-14-9-12(18-16(19-14)27-2)20-28(24,25)11-5-3-10(4-6-11)17-13(21)7-8-15(22)23/h3-9H,1-2H3,(H,17,21)(H,22,23)(H,18,19,20)/b8-7+. The summed E-state index contributed by atoms with van der Waals surface area (Å²) in [6.07, 6.45) is 1.52.